The summed E-state index contributed by atoms with van der Waals surface area (Å²) in [7, 11) is 3.95. The molecule has 0 aliphatic carbocycles. The molecular weight excluding hydrogens is 392 g/mol. The molecule has 2 aromatic heterocycles. The van der Waals surface area contributed by atoms with Crippen molar-refractivity contribution in [1.29, 1.82) is 0 Å². The van der Waals surface area contributed by atoms with Gasteiger partial charge in [-0.1, -0.05) is 12.1 Å². The number of ether oxygens (including phenoxy) is 1. The first-order valence-electron chi connectivity index (χ1n) is 10.8. The van der Waals surface area contributed by atoms with Gasteiger partial charge in [-0.15, -0.1) is 11.3 Å². The van der Waals surface area contributed by atoms with Crippen molar-refractivity contribution >= 4 is 11.3 Å². The van der Waals surface area contributed by atoms with Gasteiger partial charge >= 0.3 is 0 Å². The van der Waals surface area contributed by atoms with E-state index in [1.807, 2.05) is 11.6 Å². The molecule has 0 bridgehead atoms. The molecule has 3 heterocycles. The molecule has 5 nitrogen and oxygen atoms in total. The molecule has 6 heteroatoms. The van der Waals surface area contributed by atoms with Gasteiger partial charge in [-0.2, -0.15) is 0 Å². The minimum atomic E-state index is 0.778. The summed E-state index contributed by atoms with van der Waals surface area (Å²) >= 11 is 1.69. The first-order valence-corrected chi connectivity index (χ1v) is 11.7. The van der Waals surface area contributed by atoms with E-state index in [4.69, 9.17) is 4.74 Å². The van der Waals surface area contributed by atoms with Crippen LogP contribution in [0.25, 0.3) is 5.13 Å². The summed E-state index contributed by atoms with van der Waals surface area (Å²) < 4.78 is 7.54. The van der Waals surface area contributed by atoms with Crippen molar-refractivity contribution in [2.45, 2.75) is 25.8 Å². The third-order valence-corrected chi connectivity index (χ3v) is 6.85. The minimum Gasteiger partial charge on any atom is -0.497 e. The standard InChI is InChI=1S/C24H32N4OS/c1-26-14-9-21(10-15-26)18-27(16-11-20-5-7-23(29-2)8-6-20)19-22-4-3-13-28(22)24-25-12-17-30-24/h3-8,12-13,17,21H,9-11,14-16,18-19H2,1-2H3. The van der Waals surface area contributed by atoms with Crippen LogP contribution in [0, 0.1) is 5.92 Å². The number of thiazole rings is 1. The van der Waals surface area contributed by atoms with Crippen LogP contribution in [0.3, 0.4) is 0 Å². The van der Waals surface area contributed by atoms with Gasteiger partial charge < -0.3 is 9.64 Å². The minimum absolute atomic E-state index is 0.778. The third kappa shape index (κ3) is 5.50. The van der Waals surface area contributed by atoms with Gasteiger partial charge in [0.05, 0.1) is 7.11 Å². The smallest absolute Gasteiger partial charge is 0.193 e. The van der Waals surface area contributed by atoms with E-state index in [1.165, 1.54) is 37.2 Å². The number of nitrogens with zero attached hydrogens (tertiary/aromatic N) is 4. The Hall–Kier alpha value is -2.15. The summed E-state index contributed by atoms with van der Waals surface area (Å²) in [5.74, 6) is 1.70. The summed E-state index contributed by atoms with van der Waals surface area (Å²) in [6, 6.07) is 12.9. The van der Waals surface area contributed by atoms with E-state index in [-0.39, 0.29) is 0 Å². The highest BCUT2D eigenvalue weighted by atomic mass is 32.1. The Morgan fingerprint density at radius 1 is 1.17 bits per heavy atom. The quantitative estimate of drug-likeness (QED) is 0.512. The fourth-order valence-corrected chi connectivity index (χ4v) is 4.88. The molecule has 1 aliphatic rings. The molecule has 0 unspecified atom stereocenters. The van der Waals surface area contributed by atoms with Crippen molar-refractivity contribution in [3.63, 3.8) is 0 Å². The highest BCUT2D eigenvalue weighted by Crippen LogP contribution is 2.21. The van der Waals surface area contributed by atoms with Crippen molar-refractivity contribution in [3.8, 4) is 10.9 Å². The predicted octanol–water partition coefficient (Wildman–Crippen LogP) is 4.33. The topological polar surface area (TPSA) is 33.5 Å². The Morgan fingerprint density at radius 3 is 2.67 bits per heavy atom. The fourth-order valence-electron chi connectivity index (χ4n) is 4.22. The fraction of sp³-hybridized carbons (Fsp3) is 0.458. The second kappa shape index (κ2) is 10.2. The Bertz CT molecular complexity index is 882. The van der Waals surface area contributed by atoms with Gasteiger partial charge in [0.2, 0.25) is 0 Å². The van der Waals surface area contributed by atoms with E-state index in [2.05, 4.69) is 69.0 Å². The summed E-state index contributed by atoms with van der Waals surface area (Å²) in [4.78, 5) is 9.59. The van der Waals surface area contributed by atoms with Crippen LogP contribution in [0.4, 0.5) is 0 Å². The SMILES string of the molecule is COc1ccc(CCN(Cc2cccn2-c2nccs2)CC2CCN(C)CC2)cc1. The predicted molar refractivity (Wildman–Crippen MR) is 124 cm³/mol. The van der Waals surface area contributed by atoms with E-state index < -0.39 is 0 Å². The number of hydrogen-bond donors (Lipinski definition) is 0. The average Bonchev–Trinajstić information content (AvgIpc) is 3.46. The van der Waals surface area contributed by atoms with Gasteiger partial charge in [-0.25, -0.2) is 4.98 Å². The van der Waals surface area contributed by atoms with E-state index in [0.717, 1.165) is 42.9 Å². The van der Waals surface area contributed by atoms with Gasteiger partial charge in [-0.05, 0) is 75.1 Å². The van der Waals surface area contributed by atoms with Crippen LogP contribution in [0.15, 0.2) is 54.2 Å². The first-order chi connectivity index (χ1) is 14.7. The lowest BCUT2D eigenvalue weighted by Gasteiger charge is -2.33. The lowest BCUT2D eigenvalue weighted by atomic mass is 9.96. The molecule has 0 atom stereocenters. The van der Waals surface area contributed by atoms with Crippen LogP contribution in [0.5, 0.6) is 5.75 Å². The van der Waals surface area contributed by atoms with Gasteiger partial charge in [0.1, 0.15) is 5.75 Å². The highest BCUT2D eigenvalue weighted by Gasteiger charge is 2.20. The highest BCUT2D eigenvalue weighted by molar-refractivity contribution is 7.12. The van der Waals surface area contributed by atoms with Crippen LogP contribution in [0.2, 0.25) is 0 Å². The maximum absolute atomic E-state index is 5.30. The molecule has 3 aromatic rings. The number of likely N-dealkylation sites (tertiary alicyclic amines) is 1. The van der Waals surface area contributed by atoms with Crippen LogP contribution in [-0.2, 0) is 13.0 Å². The lowest BCUT2D eigenvalue weighted by molar-refractivity contribution is 0.155. The number of piperidine rings is 1. The zero-order valence-corrected chi connectivity index (χ0v) is 18.9. The number of benzene rings is 1. The second-order valence-corrected chi connectivity index (χ2v) is 9.14. The molecule has 0 amide bonds. The molecule has 1 fully saturated rings. The molecule has 0 spiro atoms. The molecule has 0 N–H and O–H groups in total. The molecule has 1 aromatic carbocycles. The van der Waals surface area contributed by atoms with Crippen LogP contribution < -0.4 is 4.74 Å². The van der Waals surface area contributed by atoms with Crippen LogP contribution in [-0.4, -0.2) is 59.7 Å². The summed E-state index contributed by atoms with van der Waals surface area (Å²) in [5.41, 5.74) is 2.67. The maximum Gasteiger partial charge on any atom is 0.193 e. The number of methoxy groups -OCH3 is 1. The second-order valence-electron chi connectivity index (χ2n) is 8.26. The third-order valence-electron chi connectivity index (χ3n) is 6.07. The average molecular weight is 425 g/mol. The Balaban J connectivity index is 1.44. The molecule has 1 saturated heterocycles. The lowest BCUT2D eigenvalue weighted by Crippen LogP contribution is -2.37. The Kier molecular flexibility index (Phi) is 7.20. The van der Waals surface area contributed by atoms with Crippen molar-refractivity contribution in [1.82, 2.24) is 19.4 Å². The van der Waals surface area contributed by atoms with Gasteiger partial charge in [0.25, 0.3) is 0 Å². The Labute approximate surface area is 183 Å². The summed E-state index contributed by atoms with van der Waals surface area (Å²) in [6.07, 6.45) is 7.65. The molecular formula is C24H32N4OS. The molecule has 0 radical (unpaired) electrons. The van der Waals surface area contributed by atoms with Gasteiger partial charge in [0.15, 0.2) is 5.13 Å². The monoisotopic (exact) mass is 424 g/mol. The number of rotatable bonds is 9. The zero-order valence-electron chi connectivity index (χ0n) is 18.0. The zero-order chi connectivity index (χ0) is 20.8. The largest absolute Gasteiger partial charge is 0.497 e. The summed E-state index contributed by atoms with van der Waals surface area (Å²) in [5, 5.41) is 3.09. The van der Waals surface area contributed by atoms with Crippen molar-refractivity contribution in [2.24, 2.45) is 5.92 Å². The van der Waals surface area contributed by atoms with E-state index >= 15 is 0 Å². The summed E-state index contributed by atoms with van der Waals surface area (Å²) in [6.45, 7) is 5.60. The van der Waals surface area contributed by atoms with Crippen LogP contribution in [0.1, 0.15) is 24.1 Å². The van der Waals surface area contributed by atoms with Crippen molar-refractivity contribution in [3.05, 3.63) is 65.4 Å². The van der Waals surface area contributed by atoms with Gasteiger partial charge in [-0.3, -0.25) is 9.47 Å². The first kappa shape index (κ1) is 21.1. The van der Waals surface area contributed by atoms with E-state index in [1.54, 1.807) is 18.4 Å². The van der Waals surface area contributed by atoms with E-state index in [9.17, 15) is 0 Å². The number of aromatic nitrogens is 2. The van der Waals surface area contributed by atoms with E-state index in [0.29, 0.717) is 0 Å². The molecule has 0 saturated carbocycles. The normalized spacial score (nSPS) is 15.7. The number of hydrogen-bond acceptors (Lipinski definition) is 5. The Morgan fingerprint density at radius 2 is 1.97 bits per heavy atom. The molecule has 30 heavy (non-hydrogen) atoms. The maximum atomic E-state index is 5.30. The molecule has 160 valence electrons. The van der Waals surface area contributed by atoms with Gasteiger partial charge in [0, 0.05) is 43.1 Å². The molecule has 4 rings (SSSR count). The molecule has 1 aliphatic heterocycles. The van der Waals surface area contributed by atoms with Crippen LogP contribution >= 0.6 is 11.3 Å². The van der Waals surface area contributed by atoms with Crippen molar-refractivity contribution < 1.29 is 4.74 Å². The van der Waals surface area contributed by atoms with Crippen molar-refractivity contribution in [2.75, 3.05) is 40.3 Å².